The number of fused-ring (bicyclic) bond motifs is 1. The molecule has 1 aromatic carbocycles. The zero-order valence-electron chi connectivity index (χ0n) is 10.8. The zero-order valence-corrected chi connectivity index (χ0v) is 10.8. The molecule has 1 aliphatic heterocycles. The number of carbonyl (C=O) groups excluding carboxylic acids is 1. The molecule has 1 atom stereocenters. The van der Waals surface area contributed by atoms with Crippen LogP contribution in [0.2, 0.25) is 0 Å². The fraction of sp³-hybridized carbons (Fsp3) is 0.400. The van der Waals surface area contributed by atoms with Gasteiger partial charge in [-0.2, -0.15) is 0 Å². The van der Waals surface area contributed by atoms with E-state index in [0.717, 1.165) is 31.6 Å². The van der Waals surface area contributed by atoms with Crippen LogP contribution in [0.1, 0.15) is 18.9 Å². The average molecular weight is 244 g/mol. The minimum atomic E-state index is 0.0468. The molecule has 0 saturated carbocycles. The van der Waals surface area contributed by atoms with Crippen molar-refractivity contribution in [3.63, 3.8) is 0 Å². The van der Waals surface area contributed by atoms with E-state index < -0.39 is 0 Å². The molecule has 3 nitrogen and oxygen atoms in total. The quantitative estimate of drug-likeness (QED) is 0.630. The van der Waals surface area contributed by atoms with Crippen LogP contribution in [-0.2, 0) is 11.2 Å². The Labute approximate surface area is 108 Å². The SMILES string of the molecule is C/C=C/CCNC(=O)C1CNc2ccccc2C1. The summed E-state index contributed by atoms with van der Waals surface area (Å²) in [6.45, 7) is 3.44. The van der Waals surface area contributed by atoms with Gasteiger partial charge in [0.05, 0.1) is 5.92 Å². The van der Waals surface area contributed by atoms with Crippen LogP contribution in [0.5, 0.6) is 0 Å². The molecular formula is C15H20N2O. The summed E-state index contributed by atoms with van der Waals surface area (Å²) < 4.78 is 0. The summed E-state index contributed by atoms with van der Waals surface area (Å²) in [5, 5.41) is 6.31. The lowest BCUT2D eigenvalue weighted by Gasteiger charge is -2.25. The molecule has 2 rings (SSSR count). The first-order valence-electron chi connectivity index (χ1n) is 6.52. The van der Waals surface area contributed by atoms with Crippen LogP contribution in [0.3, 0.4) is 0 Å². The number of anilines is 1. The van der Waals surface area contributed by atoms with Crippen molar-refractivity contribution < 1.29 is 4.79 Å². The zero-order chi connectivity index (χ0) is 12.8. The van der Waals surface area contributed by atoms with Crippen LogP contribution in [-0.4, -0.2) is 19.0 Å². The number of hydrogen-bond acceptors (Lipinski definition) is 2. The Morgan fingerprint density at radius 2 is 2.33 bits per heavy atom. The number of allylic oxidation sites excluding steroid dienone is 1. The van der Waals surface area contributed by atoms with Gasteiger partial charge in [0.2, 0.25) is 5.91 Å². The molecule has 0 saturated heterocycles. The van der Waals surface area contributed by atoms with Gasteiger partial charge in [-0.3, -0.25) is 4.79 Å². The molecule has 0 aliphatic carbocycles. The van der Waals surface area contributed by atoms with Gasteiger partial charge in [0, 0.05) is 18.8 Å². The Hall–Kier alpha value is -1.77. The first-order valence-corrected chi connectivity index (χ1v) is 6.52. The summed E-state index contributed by atoms with van der Waals surface area (Å²) in [7, 11) is 0. The number of para-hydroxylation sites is 1. The van der Waals surface area contributed by atoms with Crippen molar-refractivity contribution in [2.24, 2.45) is 5.92 Å². The van der Waals surface area contributed by atoms with Crippen molar-refractivity contribution in [3.8, 4) is 0 Å². The molecule has 96 valence electrons. The van der Waals surface area contributed by atoms with Crippen molar-refractivity contribution >= 4 is 11.6 Å². The number of rotatable bonds is 4. The summed E-state index contributed by atoms with van der Waals surface area (Å²) in [6.07, 6.45) is 5.80. The minimum absolute atomic E-state index is 0.0468. The van der Waals surface area contributed by atoms with Gasteiger partial charge in [0.25, 0.3) is 0 Å². The van der Waals surface area contributed by atoms with Gasteiger partial charge < -0.3 is 10.6 Å². The predicted molar refractivity (Wildman–Crippen MR) is 74.6 cm³/mol. The lowest BCUT2D eigenvalue weighted by molar-refractivity contribution is -0.124. The third-order valence-corrected chi connectivity index (χ3v) is 3.24. The molecule has 2 N–H and O–H groups in total. The Morgan fingerprint density at radius 1 is 1.50 bits per heavy atom. The van der Waals surface area contributed by atoms with Gasteiger partial charge in [-0.15, -0.1) is 0 Å². The van der Waals surface area contributed by atoms with Crippen molar-refractivity contribution in [3.05, 3.63) is 42.0 Å². The second kappa shape index (κ2) is 6.24. The third kappa shape index (κ3) is 3.13. The summed E-state index contributed by atoms with van der Waals surface area (Å²) in [5.74, 6) is 0.201. The number of hydrogen-bond donors (Lipinski definition) is 2. The number of benzene rings is 1. The molecule has 1 aromatic rings. The van der Waals surface area contributed by atoms with E-state index in [0.29, 0.717) is 0 Å². The highest BCUT2D eigenvalue weighted by molar-refractivity contribution is 5.80. The smallest absolute Gasteiger partial charge is 0.225 e. The highest BCUT2D eigenvalue weighted by Gasteiger charge is 2.23. The second-order valence-corrected chi connectivity index (χ2v) is 4.59. The van der Waals surface area contributed by atoms with E-state index in [1.54, 1.807) is 0 Å². The molecule has 0 fully saturated rings. The Morgan fingerprint density at radius 3 is 3.17 bits per heavy atom. The maximum absolute atomic E-state index is 12.0. The highest BCUT2D eigenvalue weighted by Crippen LogP contribution is 2.24. The molecule has 1 amide bonds. The summed E-state index contributed by atoms with van der Waals surface area (Å²) in [6, 6.07) is 8.19. The largest absolute Gasteiger partial charge is 0.384 e. The van der Waals surface area contributed by atoms with Crippen LogP contribution < -0.4 is 10.6 Å². The van der Waals surface area contributed by atoms with Gasteiger partial charge in [-0.25, -0.2) is 0 Å². The summed E-state index contributed by atoms with van der Waals surface area (Å²) in [4.78, 5) is 12.0. The molecule has 0 bridgehead atoms. The van der Waals surface area contributed by atoms with Crippen LogP contribution in [0.25, 0.3) is 0 Å². The van der Waals surface area contributed by atoms with Gasteiger partial charge in [0.15, 0.2) is 0 Å². The van der Waals surface area contributed by atoms with Crippen LogP contribution >= 0.6 is 0 Å². The monoisotopic (exact) mass is 244 g/mol. The fourth-order valence-corrected chi connectivity index (χ4v) is 2.22. The number of amides is 1. The minimum Gasteiger partial charge on any atom is -0.384 e. The molecule has 1 heterocycles. The van der Waals surface area contributed by atoms with E-state index in [9.17, 15) is 4.79 Å². The standard InChI is InChI=1S/C15H20N2O/c1-2-3-6-9-16-15(18)13-10-12-7-4-5-8-14(12)17-11-13/h2-5,7-8,13,17H,6,9-11H2,1H3,(H,16,18)/b3-2+. The fourth-order valence-electron chi connectivity index (χ4n) is 2.22. The van der Waals surface area contributed by atoms with Gasteiger partial charge in [0.1, 0.15) is 0 Å². The lowest BCUT2D eigenvalue weighted by Crippen LogP contribution is -2.38. The molecule has 18 heavy (non-hydrogen) atoms. The van der Waals surface area contributed by atoms with E-state index >= 15 is 0 Å². The molecule has 1 unspecified atom stereocenters. The summed E-state index contributed by atoms with van der Waals surface area (Å²) in [5.41, 5.74) is 2.40. The van der Waals surface area contributed by atoms with E-state index in [-0.39, 0.29) is 11.8 Å². The third-order valence-electron chi connectivity index (χ3n) is 3.24. The van der Waals surface area contributed by atoms with E-state index in [2.05, 4.69) is 28.8 Å². The topological polar surface area (TPSA) is 41.1 Å². The molecule has 0 aromatic heterocycles. The number of nitrogens with one attached hydrogen (secondary N) is 2. The van der Waals surface area contributed by atoms with Crippen molar-refractivity contribution in [1.82, 2.24) is 5.32 Å². The van der Waals surface area contributed by atoms with Crippen molar-refractivity contribution in [1.29, 1.82) is 0 Å². The van der Waals surface area contributed by atoms with Gasteiger partial charge >= 0.3 is 0 Å². The molecule has 0 radical (unpaired) electrons. The van der Waals surface area contributed by atoms with Crippen LogP contribution in [0.15, 0.2) is 36.4 Å². The lowest BCUT2D eigenvalue weighted by atomic mass is 9.93. The van der Waals surface area contributed by atoms with Crippen molar-refractivity contribution in [2.45, 2.75) is 19.8 Å². The maximum Gasteiger partial charge on any atom is 0.225 e. The first kappa shape index (κ1) is 12.7. The Balaban J connectivity index is 1.86. The normalized spacial score (nSPS) is 18.2. The predicted octanol–water partition coefficient (Wildman–Crippen LogP) is 2.35. The Kier molecular flexibility index (Phi) is 4.40. The maximum atomic E-state index is 12.0. The highest BCUT2D eigenvalue weighted by atomic mass is 16.1. The van der Waals surface area contributed by atoms with Gasteiger partial charge in [-0.1, -0.05) is 30.4 Å². The van der Waals surface area contributed by atoms with E-state index in [1.165, 1.54) is 5.56 Å². The number of carbonyl (C=O) groups is 1. The van der Waals surface area contributed by atoms with Crippen molar-refractivity contribution in [2.75, 3.05) is 18.4 Å². The van der Waals surface area contributed by atoms with Crippen LogP contribution in [0.4, 0.5) is 5.69 Å². The molecule has 0 spiro atoms. The average Bonchev–Trinajstić information content (AvgIpc) is 2.43. The molecule has 1 aliphatic rings. The molecular weight excluding hydrogens is 224 g/mol. The summed E-state index contributed by atoms with van der Waals surface area (Å²) >= 11 is 0. The Bertz CT molecular complexity index is 440. The van der Waals surface area contributed by atoms with Crippen LogP contribution in [0, 0.1) is 5.92 Å². The second-order valence-electron chi connectivity index (χ2n) is 4.59. The first-order chi connectivity index (χ1) is 8.81. The van der Waals surface area contributed by atoms with Gasteiger partial charge in [-0.05, 0) is 31.4 Å². The van der Waals surface area contributed by atoms with E-state index in [1.807, 2.05) is 25.1 Å². The molecule has 3 heteroatoms. The van der Waals surface area contributed by atoms with E-state index in [4.69, 9.17) is 0 Å².